The minimum atomic E-state index is 0.229. The molecule has 0 saturated carbocycles. The summed E-state index contributed by atoms with van der Waals surface area (Å²) >= 11 is 0. The number of aromatic nitrogens is 2. The van der Waals surface area contributed by atoms with E-state index in [9.17, 15) is 5.11 Å². The average molecular weight is 209 g/mol. The summed E-state index contributed by atoms with van der Waals surface area (Å²) in [6.07, 6.45) is 8.51. The Hall–Kier alpha value is -1.03. The van der Waals surface area contributed by atoms with Gasteiger partial charge < -0.3 is 14.6 Å². The first kappa shape index (κ1) is 10.5. The Balaban J connectivity index is 2.20. The van der Waals surface area contributed by atoms with Gasteiger partial charge in [0.25, 0.3) is 0 Å². The van der Waals surface area contributed by atoms with Gasteiger partial charge in [0.1, 0.15) is 0 Å². The molecule has 1 aromatic rings. The Morgan fingerprint density at radius 2 is 2.33 bits per heavy atom. The normalized spacial score (nSPS) is 22.8. The molecule has 0 bridgehead atoms. The Labute approximate surface area is 90.5 Å². The van der Waals surface area contributed by atoms with Crippen molar-refractivity contribution in [2.75, 3.05) is 18.1 Å². The molecule has 1 fully saturated rings. The van der Waals surface area contributed by atoms with Crippen LogP contribution >= 0.6 is 0 Å². The Bertz CT molecular complexity index is 311. The molecule has 1 aliphatic heterocycles. The molecule has 0 spiro atoms. The molecule has 1 saturated heterocycles. The Morgan fingerprint density at radius 3 is 3.00 bits per heavy atom. The highest BCUT2D eigenvalue weighted by Crippen LogP contribution is 2.21. The standard InChI is InChI=1S/C11H19N3O/c1-13-8-6-12-11(13)14-7-4-2-3-5-10(14)9-15/h6,8,10,15H,2-5,7,9H2,1H3. The van der Waals surface area contributed by atoms with Gasteiger partial charge in [-0.05, 0) is 12.8 Å². The fourth-order valence-corrected chi connectivity index (χ4v) is 2.26. The van der Waals surface area contributed by atoms with E-state index in [0.29, 0.717) is 0 Å². The number of hydrogen-bond donors (Lipinski definition) is 1. The van der Waals surface area contributed by atoms with Gasteiger partial charge in [0.15, 0.2) is 0 Å². The summed E-state index contributed by atoms with van der Waals surface area (Å²) in [5, 5.41) is 9.40. The van der Waals surface area contributed by atoms with Gasteiger partial charge in [-0.3, -0.25) is 0 Å². The minimum absolute atomic E-state index is 0.229. The number of anilines is 1. The molecule has 1 aromatic heterocycles. The molecule has 1 unspecified atom stereocenters. The summed E-state index contributed by atoms with van der Waals surface area (Å²) in [5.41, 5.74) is 0. The van der Waals surface area contributed by atoms with Crippen LogP contribution in [0, 0.1) is 0 Å². The summed E-state index contributed by atoms with van der Waals surface area (Å²) in [6, 6.07) is 0.244. The Kier molecular flexibility index (Phi) is 3.26. The molecule has 84 valence electrons. The maximum absolute atomic E-state index is 9.40. The van der Waals surface area contributed by atoms with Crippen LogP contribution in [0.1, 0.15) is 25.7 Å². The van der Waals surface area contributed by atoms with E-state index in [1.165, 1.54) is 19.3 Å². The van der Waals surface area contributed by atoms with Crippen molar-refractivity contribution in [3.8, 4) is 0 Å². The fraction of sp³-hybridized carbons (Fsp3) is 0.727. The second-order valence-corrected chi connectivity index (χ2v) is 4.22. The average Bonchev–Trinajstić information content (AvgIpc) is 2.54. The summed E-state index contributed by atoms with van der Waals surface area (Å²) in [6.45, 7) is 1.24. The number of nitrogens with zero attached hydrogens (tertiary/aromatic N) is 3. The van der Waals surface area contributed by atoms with Gasteiger partial charge >= 0.3 is 0 Å². The fourth-order valence-electron chi connectivity index (χ4n) is 2.26. The molecule has 1 atom stereocenters. The van der Waals surface area contributed by atoms with Crippen LogP contribution in [0.2, 0.25) is 0 Å². The number of aliphatic hydroxyl groups excluding tert-OH is 1. The van der Waals surface area contributed by atoms with Crippen molar-refractivity contribution in [1.29, 1.82) is 0 Å². The second kappa shape index (κ2) is 4.66. The molecule has 0 aliphatic carbocycles. The quantitative estimate of drug-likeness (QED) is 0.794. The van der Waals surface area contributed by atoms with Crippen molar-refractivity contribution in [3.05, 3.63) is 12.4 Å². The van der Waals surface area contributed by atoms with Crippen LogP contribution in [-0.2, 0) is 7.05 Å². The SMILES string of the molecule is Cn1ccnc1N1CCCCCC1CO. The lowest BCUT2D eigenvalue weighted by molar-refractivity contribution is 0.253. The highest BCUT2D eigenvalue weighted by molar-refractivity contribution is 5.33. The molecule has 0 amide bonds. The van der Waals surface area contributed by atoms with Gasteiger partial charge in [-0.2, -0.15) is 0 Å². The van der Waals surface area contributed by atoms with E-state index in [0.717, 1.165) is 18.9 Å². The van der Waals surface area contributed by atoms with Crippen LogP contribution in [0.15, 0.2) is 12.4 Å². The molecule has 1 aliphatic rings. The number of rotatable bonds is 2. The van der Waals surface area contributed by atoms with Crippen LogP contribution in [0.25, 0.3) is 0 Å². The second-order valence-electron chi connectivity index (χ2n) is 4.22. The van der Waals surface area contributed by atoms with E-state index in [1.807, 2.05) is 24.0 Å². The van der Waals surface area contributed by atoms with Gasteiger partial charge in [0.2, 0.25) is 5.95 Å². The van der Waals surface area contributed by atoms with Gasteiger partial charge in [-0.1, -0.05) is 12.8 Å². The highest BCUT2D eigenvalue weighted by Gasteiger charge is 2.22. The molecule has 2 heterocycles. The largest absolute Gasteiger partial charge is 0.394 e. The maximum atomic E-state index is 9.40. The van der Waals surface area contributed by atoms with Crippen molar-refractivity contribution in [1.82, 2.24) is 9.55 Å². The third-order valence-corrected chi connectivity index (χ3v) is 3.14. The summed E-state index contributed by atoms with van der Waals surface area (Å²) in [5.74, 6) is 0.982. The summed E-state index contributed by atoms with van der Waals surface area (Å²) in [7, 11) is 2.00. The van der Waals surface area contributed by atoms with Crippen molar-refractivity contribution < 1.29 is 5.11 Å². The lowest BCUT2D eigenvalue weighted by atomic mass is 10.1. The van der Waals surface area contributed by atoms with Crippen LogP contribution in [-0.4, -0.2) is 33.9 Å². The smallest absolute Gasteiger partial charge is 0.205 e. The van der Waals surface area contributed by atoms with Crippen LogP contribution in [0.3, 0.4) is 0 Å². The third kappa shape index (κ3) is 2.15. The predicted molar refractivity (Wildman–Crippen MR) is 59.9 cm³/mol. The molecule has 0 radical (unpaired) electrons. The van der Waals surface area contributed by atoms with Crippen molar-refractivity contribution >= 4 is 5.95 Å². The number of aryl methyl sites for hydroxylation is 1. The zero-order valence-electron chi connectivity index (χ0n) is 9.26. The van der Waals surface area contributed by atoms with Gasteiger partial charge in [-0.15, -0.1) is 0 Å². The van der Waals surface area contributed by atoms with Crippen LogP contribution in [0.4, 0.5) is 5.95 Å². The number of hydrogen-bond acceptors (Lipinski definition) is 3. The topological polar surface area (TPSA) is 41.3 Å². The highest BCUT2D eigenvalue weighted by atomic mass is 16.3. The Morgan fingerprint density at radius 1 is 1.47 bits per heavy atom. The van der Waals surface area contributed by atoms with Crippen molar-refractivity contribution in [2.45, 2.75) is 31.7 Å². The maximum Gasteiger partial charge on any atom is 0.205 e. The molecule has 15 heavy (non-hydrogen) atoms. The van der Waals surface area contributed by atoms with E-state index in [2.05, 4.69) is 9.88 Å². The van der Waals surface area contributed by atoms with Gasteiger partial charge in [0, 0.05) is 26.0 Å². The molecular weight excluding hydrogens is 190 g/mol. The molecule has 2 rings (SSSR count). The first-order valence-corrected chi connectivity index (χ1v) is 5.67. The molecule has 0 aromatic carbocycles. The van der Waals surface area contributed by atoms with Crippen molar-refractivity contribution in [3.63, 3.8) is 0 Å². The van der Waals surface area contributed by atoms with E-state index in [4.69, 9.17) is 0 Å². The molecule has 1 N–H and O–H groups in total. The predicted octanol–water partition coefficient (Wildman–Crippen LogP) is 1.16. The van der Waals surface area contributed by atoms with Crippen LogP contribution in [0.5, 0.6) is 0 Å². The monoisotopic (exact) mass is 209 g/mol. The zero-order valence-corrected chi connectivity index (χ0v) is 9.26. The van der Waals surface area contributed by atoms with Gasteiger partial charge in [0.05, 0.1) is 12.6 Å². The van der Waals surface area contributed by atoms with Crippen molar-refractivity contribution in [2.24, 2.45) is 7.05 Å². The van der Waals surface area contributed by atoms with E-state index < -0.39 is 0 Å². The van der Waals surface area contributed by atoms with E-state index in [-0.39, 0.29) is 12.6 Å². The van der Waals surface area contributed by atoms with E-state index >= 15 is 0 Å². The summed E-state index contributed by atoms with van der Waals surface area (Å²) < 4.78 is 2.02. The first-order valence-electron chi connectivity index (χ1n) is 5.67. The minimum Gasteiger partial charge on any atom is -0.394 e. The third-order valence-electron chi connectivity index (χ3n) is 3.14. The first-order chi connectivity index (χ1) is 7.33. The van der Waals surface area contributed by atoms with Crippen LogP contribution < -0.4 is 4.90 Å². The number of imidazole rings is 1. The van der Waals surface area contributed by atoms with E-state index in [1.54, 1.807) is 0 Å². The lowest BCUT2D eigenvalue weighted by Crippen LogP contribution is -2.39. The molecule has 4 nitrogen and oxygen atoms in total. The van der Waals surface area contributed by atoms with Gasteiger partial charge in [-0.25, -0.2) is 4.98 Å². The molecular formula is C11H19N3O. The summed E-state index contributed by atoms with van der Waals surface area (Å²) in [4.78, 5) is 6.60. The number of aliphatic hydroxyl groups is 1. The zero-order chi connectivity index (χ0) is 10.7. The lowest BCUT2D eigenvalue weighted by Gasteiger charge is -2.29. The molecule has 4 heteroatoms.